The number of halogens is 2. The number of aryl methyl sites for hydroxylation is 2. The molecule has 0 unspecified atom stereocenters. The lowest BCUT2D eigenvalue weighted by molar-refractivity contribution is 0.0695. The van der Waals surface area contributed by atoms with Crippen LogP contribution in [-0.2, 0) is 37.0 Å². The minimum absolute atomic E-state index is 0.0602. The van der Waals surface area contributed by atoms with E-state index >= 15 is 0 Å². The maximum atomic E-state index is 13.0. The van der Waals surface area contributed by atoms with Gasteiger partial charge >= 0.3 is 5.97 Å². The Kier molecular flexibility index (Phi) is 17.9. The number of nitrogens with zero attached hydrogens (tertiary/aromatic N) is 10. The van der Waals surface area contributed by atoms with Gasteiger partial charge in [0.25, 0.3) is 5.91 Å². The molecule has 19 nitrogen and oxygen atoms in total. The summed E-state index contributed by atoms with van der Waals surface area (Å²) in [7, 11) is 1.24. The summed E-state index contributed by atoms with van der Waals surface area (Å²) in [5, 5.41) is 42.1. The van der Waals surface area contributed by atoms with E-state index in [1.165, 1.54) is 6.20 Å². The van der Waals surface area contributed by atoms with Crippen molar-refractivity contribution in [3.63, 3.8) is 0 Å². The van der Waals surface area contributed by atoms with Crippen molar-refractivity contribution in [3.05, 3.63) is 82.4 Å². The van der Waals surface area contributed by atoms with E-state index in [9.17, 15) is 19.8 Å². The predicted molar refractivity (Wildman–Crippen MR) is 284 cm³/mol. The van der Waals surface area contributed by atoms with Crippen LogP contribution in [0.15, 0.2) is 61.2 Å². The van der Waals surface area contributed by atoms with Gasteiger partial charge in [-0.25, -0.2) is 24.7 Å². The maximum absolute atomic E-state index is 13.0. The molecule has 8 aromatic rings. The zero-order valence-electron chi connectivity index (χ0n) is 41.9. The number of carbonyl (C=O) groups excluding carboxylic acids is 1. The Morgan fingerprint density at radius 1 is 0.718 bits per heavy atom. The second-order valence-corrected chi connectivity index (χ2v) is 32.0. The SMILES string of the molecule is C[C@@H](CO)NC(=O)c1cn(COCC[Si](C)(C)C)c2ncc(-c3nn(C)c4cc(Cl)ccc34)nc12.C[C@H](N)CO.Cn1nc(-c2cnc3c(n2)c(C(=O)O)cn3COCC[Si](C)(C)C)c2ccc(Cl)cc21. The van der Waals surface area contributed by atoms with Crippen LogP contribution in [0, 0.1) is 0 Å². The number of aromatic nitrogens is 10. The molecule has 0 bridgehead atoms. The van der Waals surface area contributed by atoms with Gasteiger partial charge in [-0.1, -0.05) is 62.5 Å². The van der Waals surface area contributed by atoms with Gasteiger partial charge in [-0.05, 0) is 62.3 Å². The highest BCUT2D eigenvalue weighted by Gasteiger charge is 2.24. The number of ether oxygens (including phenoxy) is 2. The van der Waals surface area contributed by atoms with Crippen molar-refractivity contribution in [2.45, 2.75) is 90.8 Å². The molecule has 6 aromatic heterocycles. The number of aliphatic hydroxyl groups is 2. The third kappa shape index (κ3) is 13.9. The molecule has 0 saturated heterocycles. The number of aromatic carboxylic acids is 1. The number of benzene rings is 2. The van der Waals surface area contributed by atoms with Gasteiger partial charge in [-0.3, -0.25) is 14.2 Å². The van der Waals surface area contributed by atoms with Crippen LogP contribution in [0.3, 0.4) is 0 Å². The van der Waals surface area contributed by atoms with Crippen molar-refractivity contribution < 1.29 is 34.4 Å². The van der Waals surface area contributed by atoms with E-state index in [0.717, 1.165) is 33.9 Å². The summed E-state index contributed by atoms with van der Waals surface area (Å²) in [6, 6.07) is 12.7. The largest absolute Gasteiger partial charge is 0.478 e. The van der Waals surface area contributed by atoms with Crippen molar-refractivity contribution in [1.29, 1.82) is 0 Å². The molecule has 1 amide bonds. The average molecular weight is 1050 g/mol. The fourth-order valence-corrected chi connectivity index (χ4v) is 8.97. The highest BCUT2D eigenvalue weighted by atomic mass is 35.5. The molecule has 6 N–H and O–H groups in total. The lowest BCUT2D eigenvalue weighted by Gasteiger charge is -2.15. The number of hydrogen-bond acceptors (Lipinski definition) is 13. The molecule has 0 aliphatic carbocycles. The summed E-state index contributed by atoms with van der Waals surface area (Å²) in [6.07, 6.45) is 6.51. The van der Waals surface area contributed by atoms with Gasteiger partial charge in [-0.2, -0.15) is 10.2 Å². The number of hydrogen-bond donors (Lipinski definition) is 5. The third-order valence-corrected chi connectivity index (χ3v) is 15.0. The van der Waals surface area contributed by atoms with Crippen LogP contribution in [-0.4, -0.2) is 130 Å². The lowest BCUT2D eigenvalue weighted by atomic mass is 10.1. The quantitative estimate of drug-likeness (QED) is 0.0428. The molecule has 0 fully saturated rings. The Hall–Kier alpha value is -5.63. The van der Waals surface area contributed by atoms with E-state index < -0.39 is 28.2 Å². The highest BCUT2D eigenvalue weighted by Crippen LogP contribution is 2.32. The fraction of sp³-hybridized carbons (Fsp3) is 0.417. The van der Waals surface area contributed by atoms with Gasteiger partial charge in [0.1, 0.15) is 52.8 Å². The van der Waals surface area contributed by atoms with Crippen LogP contribution >= 0.6 is 23.2 Å². The van der Waals surface area contributed by atoms with Crippen molar-refractivity contribution in [2.24, 2.45) is 19.8 Å². The summed E-state index contributed by atoms with van der Waals surface area (Å²) in [6.45, 7) is 18.9. The topological polar surface area (TPSA) is 248 Å². The summed E-state index contributed by atoms with van der Waals surface area (Å²) in [4.78, 5) is 43.5. The van der Waals surface area contributed by atoms with E-state index in [0.29, 0.717) is 73.9 Å². The molecule has 0 aliphatic rings. The first kappa shape index (κ1) is 54.7. The predicted octanol–water partition coefficient (Wildman–Crippen LogP) is 8.04. The fourth-order valence-electron chi connectivity index (χ4n) is 7.12. The zero-order valence-corrected chi connectivity index (χ0v) is 45.4. The van der Waals surface area contributed by atoms with Gasteiger partial charge in [0.05, 0.1) is 42.2 Å². The minimum atomic E-state index is -1.22. The van der Waals surface area contributed by atoms with Gasteiger partial charge in [0.15, 0.2) is 11.3 Å². The van der Waals surface area contributed by atoms with Gasteiger partial charge in [0.2, 0.25) is 0 Å². The Bertz CT molecular complexity index is 3160. The van der Waals surface area contributed by atoms with Crippen LogP contribution in [0.2, 0.25) is 61.4 Å². The van der Waals surface area contributed by atoms with E-state index in [4.69, 9.17) is 48.5 Å². The van der Waals surface area contributed by atoms with Crippen LogP contribution in [0.5, 0.6) is 0 Å². The zero-order chi connectivity index (χ0) is 51.9. The van der Waals surface area contributed by atoms with E-state index in [-0.39, 0.29) is 44.2 Å². The monoisotopic (exact) mass is 1050 g/mol. The Morgan fingerprint density at radius 2 is 1.14 bits per heavy atom. The molecule has 71 heavy (non-hydrogen) atoms. The average Bonchev–Trinajstić information content (AvgIpc) is 4.06. The highest BCUT2D eigenvalue weighted by molar-refractivity contribution is 6.76. The lowest BCUT2D eigenvalue weighted by Crippen LogP contribution is -2.34. The molecule has 2 aromatic carbocycles. The molecule has 23 heteroatoms. The normalized spacial score (nSPS) is 12.8. The molecular weight excluding hydrogens is 984 g/mol. The Balaban J connectivity index is 0.000000213. The molecule has 0 spiro atoms. The molecule has 0 aliphatic heterocycles. The second kappa shape index (κ2) is 23.3. The number of aliphatic hydroxyl groups excluding tert-OH is 2. The summed E-state index contributed by atoms with van der Waals surface area (Å²) in [5.41, 5.74) is 11.3. The Morgan fingerprint density at radius 3 is 1.54 bits per heavy atom. The summed E-state index contributed by atoms with van der Waals surface area (Å²) in [5.74, 6) is -1.39. The molecule has 6 heterocycles. The van der Waals surface area contributed by atoms with Gasteiger partial charge in [0, 0.05) is 88.8 Å². The standard InChI is InChI=1S/C24H31ClN6O3Si.C21H24ClN5O3Si.C3H9NO/c1-15(13-32)27-24(33)18-12-31(14-34-8-9-35(3,4)5)23-22(18)28-19(11-26-23)21-17-7-6-16(25)10-20(17)30(2)29-21;1-26-17-9-13(22)5-6-14(17)18(25-26)16-10-23-20-19(24-16)15(21(28)29)11-27(20)12-30-7-8-31(2,3)4;1-3(4)2-5/h6-7,10-12,15,32H,8-9,13-14H2,1-5H3,(H,27,33);5-6,9-11H,7-8,12H2,1-4H3,(H,28,29);3,5H,2,4H2,1H3/t15-;;3-/m0.0/s1. The van der Waals surface area contributed by atoms with Crippen molar-refractivity contribution in [3.8, 4) is 22.8 Å². The van der Waals surface area contributed by atoms with Crippen molar-refractivity contribution in [1.82, 2.24) is 53.9 Å². The first-order chi connectivity index (χ1) is 33.5. The smallest absolute Gasteiger partial charge is 0.339 e. The number of fused-ring (bicyclic) bond motifs is 4. The molecular formula is C48H64Cl2N12O7Si2. The van der Waals surface area contributed by atoms with Crippen molar-refractivity contribution >= 4 is 95.4 Å². The first-order valence-electron chi connectivity index (χ1n) is 23.1. The molecule has 8 rings (SSSR count). The summed E-state index contributed by atoms with van der Waals surface area (Å²) < 4.78 is 18.7. The Labute approximate surface area is 423 Å². The van der Waals surface area contributed by atoms with E-state index in [2.05, 4.69) is 69.7 Å². The summed E-state index contributed by atoms with van der Waals surface area (Å²) >= 11 is 12.3. The number of nitrogens with two attached hydrogens (primary N) is 1. The molecule has 0 saturated carbocycles. The van der Waals surface area contributed by atoms with Gasteiger partial charge < -0.3 is 45.0 Å². The van der Waals surface area contributed by atoms with Crippen molar-refractivity contribution in [2.75, 3.05) is 26.4 Å². The van der Waals surface area contributed by atoms with Crippen LogP contribution in [0.1, 0.15) is 34.6 Å². The van der Waals surface area contributed by atoms with E-state index in [1.807, 2.05) is 44.4 Å². The number of nitrogens with one attached hydrogen (secondary N) is 1. The first-order valence-corrected chi connectivity index (χ1v) is 31.3. The van der Waals surface area contributed by atoms with Crippen LogP contribution in [0.4, 0.5) is 0 Å². The molecule has 380 valence electrons. The number of carbonyl (C=O) groups is 2. The second-order valence-electron chi connectivity index (χ2n) is 19.9. The number of rotatable bonds is 17. The third-order valence-electron chi connectivity index (χ3n) is 11.1. The van der Waals surface area contributed by atoms with E-state index in [1.54, 1.807) is 57.0 Å². The minimum Gasteiger partial charge on any atom is -0.478 e. The number of carboxylic acid groups (broad SMARTS) is 1. The number of carboxylic acids is 1. The molecule has 2 atom stereocenters. The van der Waals surface area contributed by atoms with Crippen LogP contribution < -0.4 is 11.1 Å². The van der Waals surface area contributed by atoms with Crippen LogP contribution in [0.25, 0.3) is 66.9 Å². The maximum Gasteiger partial charge on any atom is 0.339 e. The number of amides is 1. The van der Waals surface area contributed by atoms with Gasteiger partial charge in [-0.15, -0.1) is 0 Å². The molecule has 0 radical (unpaired) electrons.